The largest absolute Gasteiger partial charge is 0.472 e. The molecule has 0 saturated carbocycles. The number of carbonyl (C=O) groups is 4. The van der Waals surface area contributed by atoms with E-state index < -0.39 is 97.5 Å². The fourth-order valence-electron chi connectivity index (χ4n) is 9.99. The lowest BCUT2D eigenvalue weighted by molar-refractivity contribution is -0.161. The summed E-state index contributed by atoms with van der Waals surface area (Å²) in [5.41, 5.74) is 0. The predicted molar refractivity (Wildman–Crippen MR) is 340 cm³/mol. The van der Waals surface area contributed by atoms with Crippen LogP contribution >= 0.6 is 15.6 Å². The molecule has 0 fully saturated rings. The number of rotatable bonds is 67. The van der Waals surface area contributed by atoms with Crippen molar-refractivity contribution in [3.8, 4) is 0 Å². The number of esters is 4. The van der Waals surface area contributed by atoms with Gasteiger partial charge in [-0.1, -0.05) is 291 Å². The molecule has 0 heterocycles. The van der Waals surface area contributed by atoms with Crippen molar-refractivity contribution >= 4 is 39.5 Å². The number of phosphoric acid groups is 2. The number of ether oxygens (including phenoxy) is 4. The highest BCUT2D eigenvalue weighted by molar-refractivity contribution is 7.47. The number of phosphoric ester groups is 2. The molecule has 504 valence electrons. The van der Waals surface area contributed by atoms with Gasteiger partial charge in [-0.25, -0.2) is 9.13 Å². The number of aliphatic hydroxyl groups is 1. The Kier molecular flexibility index (Phi) is 59.6. The van der Waals surface area contributed by atoms with Gasteiger partial charge in [-0.2, -0.15) is 0 Å². The SMILES string of the molecule is CCCCCCCCCCCCCCCCC(=O)O[C@H](COC(=O)CCCCCCCCCCCCCC)COP(=O)(O)OC[C@@H](O)COP(=O)(O)OC[C@@H](COC(=O)CCCCCCCCCCC)OC(=O)CCCCCCCCCCCC. The van der Waals surface area contributed by atoms with Crippen LogP contribution in [0, 0.1) is 0 Å². The summed E-state index contributed by atoms with van der Waals surface area (Å²) in [6.07, 6.45) is 47.0. The van der Waals surface area contributed by atoms with Gasteiger partial charge in [0.25, 0.3) is 0 Å². The minimum absolute atomic E-state index is 0.107. The van der Waals surface area contributed by atoms with Crippen LogP contribution in [0.25, 0.3) is 0 Å². The molecule has 0 spiro atoms. The van der Waals surface area contributed by atoms with Crippen molar-refractivity contribution in [2.45, 2.75) is 361 Å². The van der Waals surface area contributed by atoms with Crippen molar-refractivity contribution in [1.82, 2.24) is 0 Å². The van der Waals surface area contributed by atoms with E-state index in [2.05, 4.69) is 27.7 Å². The maximum atomic E-state index is 13.0. The molecule has 0 bridgehead atoms. The van der Waals surface area contributed by atoms with E-state index in [0.29, 0.717) is 25.7 Å². The van der Waals surface area contributed by atoms with Crippen molar-refractivity contribution < 1.29 is 80.2 Å². The first-order chi connectivity index (χ1) is 41.2. The molecule has 3 N–H and O–H groups in total. The molecule has 0 aliphatic carbocycles. The lowest BCUT2D eigenvalue weighted by atomic mass is 10.0. The van der Waals surface area contributed by atoms with Crippen molar-refractivity contribution in [2.75, 3.05) is 39.6 Å². The molecule has 0 aliphatic rings. The monoisotopic (exact) mass is 1250 g/mol. The van der Waals surface area contributed by atoms with Crippen molar-refractivity contribution in [3.63, 3.8) is 0 Å². The maximum absolute atomic E-state index is 13.0. The van der Waals surface area contributed by atoms with E-state index in [1.807, 2.05) is 0 Å². The molecule has 0 aliphatic heterocycles. The second-order valence-corrected chi connectivity index (χ2v) is 26.8. The van der Waals surface area contributed by atoms with E-state index in [1.54, 1.807) is 0 Å². The Hall–Kier alpha value is -1.94. The Labute approximate surface area is 517 Å². The van der Waals surface area contributed by atoms with Gasteiger partial charge in [0.05, 0.1) is 26.4 Å². The van der Waals surface area contributed by atoms with Crippen LogP contribution in [-0.4, -0.2) is 96.7 Å². The predicted octanol–water partition coefficient (Wildman–Crippen LogP) is 18.7. The van der Waals surface area contributed by atoms with E-state index in [4.69, 9.17) is 37.0 Å². The number of hydrogen-bond donors (Lipinski definition) is 3. The molecule has 5 atom stereocenters. The zero-order valence-corrected chi connectivity index (χ0v) is 56.4. The molecule has 0 aromatic heterocycles. The topological polar surface area (TPSA) is 237 Å². The van der Waals surface area contributed by atoms with Crippen molar-refractivity contribution in [1.29, 1.82) is 0 Å². The van der Waals surface area contributed by atoms with E-state index in [9.17, 15) is 43.2 Å². The van der Waals surface area contributed by atoms with Crippen molar-refractivity contribution in [2.24, 2.45) is 0 Å². The summed E-state index contributed by atoms with van der Waals surface area (Å²) in [4.78, 5) is 72.3. The Morgan fingerprint density at radius 2 is 0.471 bits per heavy atom. The second-order valence-electron chi connectivity index (χ2n) is 23.9. The minimum Gasteiger partial charge on any atom is -0.462 e. The quantitative estimate of drug-likeness (QED) is 0.0222. The molecular formula is C66H128O17P2. The molecule has 19 heteroatoms. The third-order valence-electron chi connectivity index (χ3n) is 15.4. The van der Waals surface area contributed by atoms with Crippen LogP contribution in [-0.2, 0) is 65.4 Å². The van der Waals surface area contributed by atoms with Crippen LogP contribution in [0.15, 0.2) is 0 Å². The Bertz CT molecular complexity index is 1640. The van der Waals surface area contributed by atoms with E-state index in [-0.39, 0.29) is 25.7 Å². The molecule has 85 heavy (non-hydrogen) atoms. The van der Waals surface area contributed by atoms with Crippen LogP contribution in [0.2, 0.25) is 0 Å². The molecule has 0 amide bonds. The van der Waals surface area contributed by atoms with Crippen molar-refractivity contribution in [3.05, 3.63) is 0 Å². The van der Waals surface area contributed by atoms with Gasteiger partial charge in [-0.3, -0.25) is 37.3 Å². The summed E-state index contributed by atoms with van der Waals surface area (Å²) in [5, 5.41) is 10.5. The zero-order chi connectivity index (χ0) is 62.6. The van der Waals surface area contributed by atoms with Crippen LogP contribution < -0.4 is 0 Å². The first kappa shape index (κ1) is 83.1. The van der Waals surface area contributed by atoms with Gasteiger partial charge in [-0.05, 0) is 25.7 Å². The lowest BCUT2D eigenvalue weighted by Gasteiger charge is -2.21. The van der Waals surface area contributed by atoms with Gasteiger partial charge in [0.15, 0.2) is 12.2 Å². The summed E-state index contributed by atoms with van der Waals surface area (Å²) < 4.78 is 68.1. The van der Waals surface area contributed by atoms with E-state index in [1.165, 1.54) is 173 Å². The molecule has 0 aromatic carbocycles. The molecule has 0 radical (unpaired) electrons. The van der Waals surface area contributed by atoms with E-state index in [0.717, 1.165) is 89.9 Å². The second kappa shape index (κ2) is 60.9. The molecule has 17 nitrogen and oxygen atoms in total. The first-order valence-corrected chi connectivity index (χ1v) is 37.8. The van der Waals surface area contributed by atoms with Crippen LogP contribution in [0.3, 0.4) is 0 Å². The highest BCUT2D eigenvalue weighted by atomic mass is 31.2. The van der Waals surface area contributed by atoms with Crippen LogP contribution in [0.5, 0.6) is 0 Å². The smallest absolute Gasteiger partial charge is 0.462 e. The average molecular weight is 1260 g/mol. The normalized spacial score (nSPS) is 14.1. The Morgan fingerprint density at radius 1 is 0.282 bits per heavy atom. The standard InChI is InChI=1S/C66H128O17P2/c1-5-9-13-17-21-25-28-30-31-33-37-41-45-49-53-66(71)83-62(57-77-64(69)51-47-43-39-36-32-29-26-22-18-14-10-6-2)59-81-85(74,75)79-55-60(67)54-78-84(72,73)80-58-61(56-76-63(68)50-46-42-38-34-24-20-16-12-8-4)82-65(70)52-48-44-40-35-27-23-19-15-11-7-3/h60-62,67H,5-59H2,1-4H3,(H,72,73)(H,74,75)/t60-,61+,62+/m0/s1. The maximum Gasteiger partial charge on any atom is 0.472 e. The van der Waals surface area contributed by atoms with Gasteiger partial charge in [0.1, 0.15) is 19.3 Å². The first-order valence-electron chi connectivity index (χ1n) is 34.8. The minimum atomic E-state index is -4.94. The van der Waals surface area contributed by atoms with Gasteiger partial charge in [-0.15, -0.1) is 0 Å². The fraction of sp³-hybridized carbons (Fsp3) is 0.939. The van der Waals surface area contributed by atoms with Crippen LogP contribution in [0.1, 0.15) is 342 Å². The highest BCUT2D eigenvalue weighted by Crippen LogP contribution is 2.45. The van der Waals surface area contributed by atoms with Gasteiger partial charge < -0.3 is 33.8 Å². The van der Waals surface area contributed by atoms with Crippen LogP contribution in [0.4, 0.5) is 0 Å². The number of aliphatic hydroxyl groups excluding tert-OH is 1. The number of carbonyl (C=O) groups excluding carboxylic acids is 4. The molecular weight excluding hydrogens is 1130 g/mol. The third-order valence-corrected chi connectivity index (χ3v) is 17.3. The summed E-state index contributed by atoms with van der Waals surface area (Å²) >= 11 is 0. The highest BCUT2D eigenvalue weighted by Gasteiger charge is 2.30. The Balaban J connectivity index is 5.23. The van der Waals surface area contributed by atoms with E-state index >= 15 is 0 Å². The summed E-state index contributed by atoms with van der Waals surface area (Å²) in [7, 11) is -9.89. The lowest BCUT2D eigenvalue weighted by Crippen LogP contribution is -2.30. The Morgan fingerprint density at radius 3 is 0.694 bits per heavy atom. The molecule has 0 rings (SSSR count). The number of unbranched alkanes of at least 4 members (excludes halogenated alkanes) is 41. The summed E-state index contributed by atoms with van der Waals surface area (Å²) in [6.45, 7) is 4.90. The molecule has 0 aromatic rings. The third kappa shape index (κ3) is 60.7. The average Bonchev–Trinajstić information content (AvgIpc) is 3.52. The summed E-state index contributed by atoms with van der Waals surface area (Å²) in [6, 6.07) is 0. The molecule has 0 saturated heterocycles. The van der Waals surface area contributed by atoms with Gasteiger partial charge in [0, 0.05) is 25.7 Å². The molecule has 2 unspecified atom stereocenters. The van der Waals surface area contributed by atoms with Gasteiger partial charge in [0.2, 0.25) is 0 Å². The zero-order valence-electron chi connectivity index (χ0n) is 54.6. The summed E-state index contributed by atoms with van der Waals surface area (Å²) in [5.74, 6) is -2.13. The van der Waals surface area contributed by atoms with Gasteiger partial charge >= 0.3 is 39.5 Å². The fourth-order valence-corrected chi connectivity index (χ4v) is 11.6. The number of hydrogen-bond acceptors (Lipinski definition) is 15.